The fourth-order valence-corrected chi connectivity index (χ4v) is 3.55. The molecular formula is C15H24ClN3. The summed E-state index contributed by atoms with van der Waals surface area (Å²) in [5.74, 6) is 0.695. The highest BCUT2D eigenvalue weighted by atomic mass is 35.5. The van der Waals surface area contributed by atoms with Gasteiger partial charge in [0, 0.05) is 36.8 Å². The SMILES string of the molecule is [Cl-].[NH3+][C@@H]1CCN(C2CCC(c3ccccn3)CC2)C1. The van der Waals surface area contributed by atoms with E-state index in [0.717, 1.165) is 6.04 Å². The lowest BCUT2D eigenvalue weighted by atomic mass is 9.83. The predicted octanol–water partition coefficient (Wildman–Crippen LogP) is -1.57. The van der Waals surface area contributed by atoms with Crippen LogP contribution in [0.1, 0.15) is 43.7 Å². The molecule has 1 saturated carbocycles. The van der Waals surface area contributed by atoms with Crippen LogP contribution in [0.25, 0.3) is 0 Å². The van der Waals surface area contributed by atoms with Crippen LogP contribution in [-0.4, -0.2) is 35.1 Å². The van der Waals surface area contributed by atoms with E-state index in [0.29, 0.717) is 12.0 Å². The molecule has 19 heavy (non-hydrogen) atoms. The van der Waals surface area contributed by atoms with Crippen molar-refractivity contribution in [3.05, 3.63) is 30.1 Å². The molecule has 1 saturated heterocycles. The van der Waals surface area contributed by atoms with Crippen LogP contribution in [0.2, 0.25) is 0 Å². The van der Waals surface area contributed by atoms with Gasteiger partial charge in [0.1, 0.15) is 0 Å². The molecule has 3 rings (SSSR count). The lowest BCUT2D eigenvalue weighted by Crippen LogP contribution is -3.00. The Hall–Kier alpha value is -0.640. The summed E-state index contributed by atoms with van der Waals surface area (Å²) < 4.78 is 0. The lowest BCUT2D eigenvalue weighted by Gasteiger charge is -2.34. The van der Waals surface area contributed by atoms with E-state index in [1.54, 1.807) is 0 Å². The minimum absolute atomic E-state index is 0. The van der Waals surface area contributed by atoms with Crippen molar-refractivity contribution in [2.75, 3.05) is 13.1 Å². The van der Waals surface area contributed by atoms with E-state index in [9.17, 15) is 0 Å². The van der Waals surface area contributed by atoms with Gasteiger partial charge in [0.25, 0.3) is 0 Å². The Balaban J connectivity index is 0.00000133. The number of likely N-dealkylation sites (tertiary alicyclic amines) is 1. The molecule has 2 heterocycles. The van der Waals surface area contributed by atoms with Gasteiger partial charge in [0.05, 0.1) is 12.6 Å². The molecule has 0 spiro atoms. The molecule has 1 aromatic rings. The van der Waals surface area contributed by atoms with Crippen LogP contribution in [0.15, 0.2) is 24.4 Å². The summed E-state index contributed by atoms with van der Waals surface area (Å²) in [5, 5.41) is 0. The number of hydrogen-bond acceptors (Lipinski definition) is 2. The first-order valence-corrected chi connectivity index (χ1v) is 7.31. The molecule has 0 unspecified atom stereocenters. The Morgan fingerprint density at radius 1 is 1.11 bits per heavy atom. The molecule has 1 aromatic heterocycles. The highest BCUT2D eigenvalue weighted by Gasteiger charge is 2.31. The minimum atomic E-state index is 0. The molecule has 2 aliphatic rings. The average molecular weight is 282 g/mol. The van der Waals surface area contributed by atoms with Gasteiger partial charge < -0.3 is 18.1 Å². The zero-order chi connectivity index (χ0) is 12.4. The molecule has 1 aliphatic heterocycles. The second kappa shape index (κ2) is 6.69. The van der Waals surface area contributed by atoms with Gasteiger partial charge in [-0.2, -0.15) is 0 Å². The summed E-state index contributed by atoms with van der Waals surface area (Å²) in [6.07, 6.45) is 8.51. The second-order valence-corrected chi connectivity index (χ2v) is 5.91. The second-order valence-electron chi connectivity index (χ2n) is 5.91. The van der Waals surface area contributed by atoms with Crippen LogP contribution in [0.4, 0.5) is 0 Å². The first-order chi connectivity index (χ1) is 8.83. The highest BCUT2D eigenvalue weighted by molar-refractivity contribution is 5.10. The van der Waals surface area contributed by atoms with Gasteiger partial charge in [-0.25, -0.2) is 0 Å². The molecule has 2 fully saturated rings. The number of aromatic nitrogens is 1. The van der Waals surface area contributed by atoms with Crippen molar-refractivity contribution in [3.8, 4) is 0 Å². The van der Waals surface area contributed by atoms with Crippen molar-refractivity contribution >= 4 is 0 Å². The molecule has 3 N–H and O–H groups in total. The Labute approximate surface area is 122 Å². The third-order valence-electron chi connectivity index (χ3n) is 4.64. The van der Waals surface area contributed by atoms with Gasteiger partial charge in [-0.3, -0.25) is 9.88 Å². The number of pyridine rings is 1. The summed E-state index contributed by atoms with van der Waals surface area (Å²) in [6.45, 7) is 2.49. The maximum absolute atomic E-state index is 4.51. The predicted molar refractivity (Wildman–Crippen MR) is 72.1 cm³/mol. The van der Waals surface area contributed by atoms with Crippen molar-refractivity contribution in [2.45, 2.75) is 50.1 Å². The van der Waals surface area contributed by atoms with E-state index in [1.807, 2.05) is 12.3 Å². The van der Waals surface area contributed by atoms with Gasteiger partial charge in [0.2, 0.25) is 0 Å². The molecule has 1 aliphatic carbocycles. The van der Waals surface area contributed by atoms with Crippen LogP contribution in [-0.2, 0) is 0 Å². The summed E-state index contributed by atoms with van der Waals surface area (Å²) >= 11 is 0. The maximum atomic E-state index is 4.51. The fourth-order valence-electron chi connectivity index (χ4n) is 3.55. The monoisotopic (exact) mass is 281 g/mol. The van der Waals surface area contributed by atoms with Crippen LogP contribution < -0.4 is 18.1 Å². The standard InChI is InChI=1S/C15H23N3.ClH/c16-13-8-10-18(11-13)14-6-4-12(5-7-14)15-3-1-2-9-17-15;/h1-3,9,12-14H,4-8,10-11,16H2;1H/t12?,13-,14?;/m1./s1. The summed E-state index contributed by atoms with van der Waals surface area (Å²) in [5.41, 5.74) is 5.49. The third kappa shape index (κ3) is 3.47. The highest BCUT2D eigenvalue weighted by Crippen LogP contribution is 2.34. The van der Waals surface area contributed by atoms with Gasteiger partial charge >= 0.3 is 0 Å². The summed E-state index contributed by atoms with van der Waals surface area (Å²) in [6, 6.07) is 7.79. The van der Waals surface area contributed by atoms with E-state index in [4.69, 9.17) is 0 Å². The van der Waals surface area contributed by atoms with Gasteiger partial charge in [-0.1, -0.05) is 6.07 Å². The van der Waals surface area contributed by atoms with E-state index in [1.165, 1.54) is 50.9 Å². The number of halogens is 1. The maximum Gasteiger partial charge on any atom is 0.0984 e. The molecule has 0 aromatic carbocycles. The normalized spacial score (nSPS) is 31.9. The molecule has 1 atom stereocenters. The van der Waals surface area contributed by atoms with Gasteiger partial charge in [-0.05, 0) is 37.8 Å². The van der Waals surface area contributed by atoms with Crippen molar-refractivity contribution in [3.63, 3.8) is 0 Å². The largest absolute Gasteiger partial charge is 1.00 e. The smallest absolute Gasteiger partial charge is 0.0984 e. The molecule has 0 radical (unpaired) electrons. The summed E-state index contributed by atoms with van der Waals surface area (Å²) in [7, 11) is 0. The Morgan fingerprint density at radius 3 is 2.47 bits per heavy atom. The lowest BCUT2D eigenvalue weighted by molar-refractivity contribution is -0.414. The fraction of sp³-hybridized carbons (Fsp3) is 0.667. The first kappa shape index (κ1) is 14.8. The minimum Gasteiger partial charge on any atom is -1.00 e. The molecule has 106 valence electrons. The summed E-state index contributed by atoms with van der Waals surface area (Å²) in [4.78, 5) is 7.19. The van der Waals surface area contributed by atoms with E-state index in [2.05, 4.69) is 27.8 Å². The van der Waals surface area contributed by atoms with E-state index >= 15 is 0 Å². The van der Waals surface area contributed by atoms with Crippen molar-refractivity contribution in [1.29, 1.82) is 0 Å². The number of quaternary nitrogens is 1. The topological polar surface area (TPSA) is 43.8 Å². The van der Waals surface area contributed by atoms with Crippen LogP contribution in [0.5, 0.6) is 0 Å². The van der Waals surface area contributed by atoms with Gasteiger partial charge in [-0.15, -0.1) is 0 Å². The molecule has 0 amide bonds. The zero-order valence-electron chi connectivity index (χ0n) is 11.5. The molecule has 3 nitrogen and oxygen atoms in total. The Morgan fingerprint density at radius 2 is 1.89 bits per heavy atom. The van der Waals surface area contributed by atoms with E-state index in [-0.39, 0.29) is 12.4 Å². The zero-order valence-corrected chi connectivity index (χ0v) is 12.2. The third-order valence-corrected chi connectivity index (χ3v) is 4.64. The van der Waals surface area contributed by atoms with Crippen molar-refractivity contribution in [2.24, 2.45) is 0 Å². The van der Waals surface area contributed by atoms with Crippen LogP contribution >= 0.6 is 0 Å². The molecular weight excluding hydrogens is 258 g/mol. The molecule has 0 bridgehead atoms. The van der Waals surface area contributed by atoms with Gasteiger partial charge in [0.15, 0.2) is 0 Å². The number of nitrogens with zero attached hydrogens (tertiary/aromatic N) is 2. The van der Waals surface area contributed by atoms with Crippen molar-refractivity contribution < 1.29 is 18.1 Å². The number of rotatable bonds is 2. The average Bonchev–Trinajstić information content (AvgIpc) is 2.87. The van der Waals surface area contributed by atoms with Crippen LogP contribution in [0.3, 0.4) is 0 Å². The van der Waals surface area contributed by atoms with Crippen LogP contribution in [0, 0.1) is 0 Å². The number of hydrogen-bond donors (Lipinski definition) is 1. The Kier molecular flexibility index (Phi) is 5.20. The molecule has 4 heteroatoms. The quantitative estimate of drug-likeness (QED) is 0.712. The van der Waals surface area contributed by atoms with E-state index < -0.39 is 0 Å². The Bertz CT molecular complexity index is 376. The van der Waals surface area contributed by atoms with Crippen molar-refractivity contribution in [1.82, 2.24) is 9.88 Å². The first-order valence-electron chi connectivity index (χ1n) is 7.31.